The summed E-state index contributed by atoms with van der Waals surface area (Å²) in [5, 5.41) is 25.4. The molecule has 3 aromatic rings. The number of benzene rings is 2. The number of alkyl halides is 3. The van der Waals surface area contributed by atoms with E-state index in [1.807, 2.05) is 6.07 Å². The summed E-state index contributed by atoms with van der Waals surface area (Å²) in [6.07, 6.45) is -2.20. The predicted molar refractivity (Wildman–Crippen MR) is 155 cm³/mol. The number of aliphatic hydroxyl groups is 1. The first-order chi connectivity index (χ1) is 21.2. The van der Waals surface area contributed by atoms with Gasteiger partial charge in [0.15, 0.2) is 0 Å². The van der Waals surface area contributed by atoms with Gasteiger partial charge in [-0.05, 0) is 74.2 Å². The number of rotatable bonds is 8. The van der Waals surface area contributed by atoms with Crippen molar-refractivity contribution in [2.24, 2.45) is 11.1 Å². The number of aromatic nitrogens is 2. The van der Waals surface area contributed by atoms with Gasteiger partial charge in [0.2, 0.25) is 11.5 Å². The van der Waals surface area contributed by atoms with Gasteiger partial charge in [-0.15, -0.1) is 0 Å². The third-order valence-corrected chi connectivity index (χ3v) is 9.13. The Labute approximate surface area is 255 Å². The number of hydrogen-bond acceptors (Lipinski definition) is 7. The summed E-state index contributed by atoms with van der Waals surface area (Å²) in [5.41, 5.74) is 0.0439. The second-order valence-corrected chi connectivity index (χ2v) is 12.0. The van der Waals surface area contributed by atoms with Crippen molar-refractivity contribution >= 4 is 22.7 Å². The van der Waals surface area contributed by atoms with Crippen molar-refractivity contribution in [2.75, 3.05) is 13.2 Å². The zero-order chi connectivity index (χ0) is 32.4. The molecule has 0 bridgehead atoms. The van der Waals surface area contributed by atoms with Crippen LogP contribution >= 0.6 is 0 Å². The topological polar surface area (TPSA) is 139 Å². The van der Waals surface area contributed by atoms with Crippen LogP contribution in [0.2, 0.25) is 0 Å². The largest absolute Gasteiger partial charge is 0.493 e. The number of nitrogens with zero attached hydrogens (tertiary/aromatic N) is 2. The average Bonchev–Trinajstić information content (AvgIpc) is 3.78. The van der Waals surface area contributed by atoms with Gasteiger partial charge in [-0.2, -0.15) is 23.4 Å². The number of hydrogen-bond donors (Lipinski definition) is 4. The van der Waals surface area contributed by atoms with Crippen LogP contribution in [-0.4, -0.2) is 52.0 Å². The molecule has 13 heteroatoms. The average molecular weight is 626 g/mol. The highest BCUT2D eigenvalue weighted by Crippen LogP contribution is 2.52. The lowest BCUT2D eigenvalue weighted by molar-refractivity contribution is -0.243. The van der Waals surface area contributed by atoms with Crippen molar-refractivity contribution in [2.45, 2.75) is 56.3 Å². The molecule has 3 atom stereocenters. The molecule has 1 saturated carbocycles. The Hall–Kier alpha value is -4.52. The summed E-state index contributed by atoms with van der Waals surface area (Å²) in [7, 11) is 0. The smallest absolute Gasteiger partial charge is 0.424 e. The van der Waals surface area contributed by atoms with Gasteiger partial charge in [-0.1, -0.05) is 19.1 Å². The predicted octanol–water partition coefficient (Wildman–Crippen LogP) is 4.24. The minimum absolute atomic E-state index is 0.0641. The Morgan fingerprint density at radius 1 is 1.13 bits per heavy atom. The second-order valence-electron chi connectivity index (χ2n) is 12.0. The fourth-order valence-corrected chi connectivity index (χ4v) is 6.01. The normalized spacial score (nSPS) is 24.3. The molecule has 1 unspecified atom stereocenters. The van der Waals surface area contributed by atoms with Crippen LogP contribution in [0.1, 0.15) is 60.6 Å². The van der Waals surface area contributed by atoms with E-state index in [0.717, 1.165) is 36.7 Å². The van der Waals surface area contributed by atoms with E-state index in [4.69, 9.17) is 10.5 Å². The van der Waals surface area contributed by atoms with Crippen LogP contribution in [-0.2, 0) is 15.1 Å². The van der Waals surface area contributed by atoms with Gasteiger partial charge in [0.05, 0.1) is 23.5 Å². The number of dihydropyridines is 1. The summed E-state index contributed by atoms with van der Waals surface area (Å²) in [4.78, 5) is 25.9. The Balaban J connectivity index is 1.38. The van der Waals surface area contributed by atoms with Crippen molar-refractivity contribution in [3.05, 3.63) is 94.3 Å². The van der Waals surface area contributed by atoms with Crippen LogP contribution < -0.4 is 16.4 Å². The molecule has 2 amide bonds. The molecule has 236 valence electrons. The van der Waals surface area contributed by atoms with Crippen molar-refractivity contribution in [3.63, 3.8) is 0 Å². The summed E-state index contributed by atoms with van der Waals surface area (Å²) in [6.45, 7) is 1.64. The molecule has 45 heavy (non-hydrogen) atoms. The molecule has 9 nitrogen and oxygen atoms in total. The highest BCUT2D eigenvalue weighted by Gasteiger charge is 2.61. The number of amides is 2. The number of primary amides is 1. The van der Waals surface area contributed by atoms with E-state index in [1.165, 1.54) is 31.2 Å². The number of carbonyl (C=O) groups is 2. The van der Waals surface area contributed by atoms with Gasteiger partial charge in [-0.3, -0.25) is 9.59 Å². The highest BCUT2D eigenvalue weighted by molar-refractivity contribution is 5.98. The van der Waals surface area contributed by atoms with Crippen LogP contribution in [0.25, 0.3) is 10.9 Å². The Morgan fingerprint density at radius 2 is 1.84 bits per heavy atom. The molecule has 2 aromatic carbocycles. The standard InChI is InChI=1S/C32H31F4N5O4/c1-3-30(28(37)43)16-45-26-22(30)14-25(39-29(26,2)20-7-9-21(33)10-8-20)31(44,32(34,35)36)15-38-27(42)18-6-11-23-19(12-18)13-24(41-40-23)17-4-5-17/h6-14,17,39,44H,3-5,15-16H2,1-2H3,(H2,37,43)(H,38,42)/t29?,30-,31-/m0/s1. The maximum Gasteiger partial charge on any atom is 0.424 e. The van der Waals surface area contributed by atoms with Crippen LogP contribution in [0.5, 0.6) is 0 Å². The molecule has 0 spiro atoms. The van der Waals surface area contributed by atoms with E-state index in [2.05, 4.69) is 20.8 Å². The van der Waals surface area contributed by atoms with E-state index < -0.39 is 52.6 Å². The fourth-order valence-electron chi connectivity index (χ4n) is 6.01. The van der Waals surface area contributed by atoms with E-state index in [-0.39, 0.29) is 29.9 Å². The van der Waals surface area contributed by atoms with Gasteiger partial charge in [0.1, 0.15) is 29.1 Å². The SMILES string of the molecule is CC[C@]1(C(N)=O)COC2=C1C=C([C@@](O)(CNC(=O)c1ccc3nnc(C4CC4)cc3c1)C(F)(F)F)NC2(C)c1ccc(F)cc1. The molecule has 1 aromatic heterocycles. The fraction of sp³-hybridized carbons (Fsp3) is 0.375. The van der Waals surface area contributed by atoms with Gasteiger partial charge in [0.25, 0.3) is 5.91 Å². The maximum atomic E-state index is 14.9. The van der Waals surface area contributed by atoms with Crippen LogP contribution in [0, 0.1) is 11.2 Å². The lowest BCUT2D eigenvalue weighted by Gasteiger charge is -2.43. The zero-order valence-electron chi connectivity index (χ0n) is 24.5. The molecule has 2 aliphatic heterocycles. The molecule has 6 rings (SSSR count). The number of halogens is 4. The maximum absolute atomic E-state index is 14.9. The lowest BCUT2D eigenvalue weighted by atomic mass is 9.72. The second kappa shape index (κ2) is 10.5. The number of allylic oxidation sites excluding steroid dienone is 1. The number of carbonyl (C=O) groups excluding carboxylic acids is 2. The number of nitrogens with two attached hydrogens (primary N) is 1. The van der Waals surface area contributed by atoms with Crippen molar-refractivity contribution in [3.8, 4) is 0 Å². The van der Waals surface area contributed by atoms with Gasteiger partial charge >= 0.3 is 6.18 Å². The van der Waals surface area contributed by atoms with E-state index in [0.29, 0.717) is 22.4 Å². The molecule has 1 fully saturated rings. The lowest BCUT2D eigenvalue weighted by Crippen LogP contribution is -2.61. The molecule has 1 aliphatic carbocycles. The first-order valence-electron chi connectivity index (χ1n) is 14.5. The molecule has 3 aliphatic rings. The van der Waals surface area contributed by atoms with Crippen molar-refractivity contribution < 1.29 is 37.0 Å². The van der Waals surface area contributed by atoms with Crippen molar-refractivity contribution in [1.29, 1.82) is 0 Å². The van der Waals surface area contributed by atoms with E-state index >= 15 is 0 Å². The molecular weight excluding hydrogens is 594 g/mol. The zero-order valence-corrected chi connectivity index (χ0v) is 24.5. The molecule has 0 saturated heterocycles. The third-order valence-electron chi connectivity index (χ3n) is 9.13. The van der Waals surface area contributed by atoms with Gasteiger partial charge in [0, 0.05) is 22.4 Å². The summed E-state index contributed by atoms with van der Waals surface area (Å²) < 4.78 is 64.4. The van der Waals surface area contributed by atoms with Gasteiger partial charge < -0.3 is 26.2 Å². The van der Waals surface area contributed by atoms with E-state index in [9.17, 15) is 32.3 Å². The quantitative estimate of drug-likeness (QED) is 0.275. The van der Waals surface area contributed by atoms with Crippen LogP contribution in [0.4, 0.5) is 17.6 Å². The summed E-state index contributed by atoms with van der Waals surface area (Å²) >= 11 is 0. The highest BCUT2D eigenvalue weighted by atomic mass is 19.4. The third kappa shape index (κ3) is 4.98. The number of ether oxygens (including phenoxy) is 1. The molecular formula is C32H31F4N5O4. The summed E-state index contributed by atoms with van der Waals surface area (Å²) in [6, 6.07) is 11.3. The first-order valence-corrected chi connectivity index (χ1v) is 14.5. The monoisotopic (exact) mass is 625 g/mol. The Kier molecular flexibility index (Phi) is 7.14. The van der Waals surface area contributed by atoms with E-state index in [1.54, 1.807) is 13.0 Å². The summed E-state index contributed by atoms with van der Waals surface area (Å²) in [5.74, 6) is -1.82. The van der Waals surface area contributed by atoms with Crippen molar-refractivity contribution in [1.82, 2.24) is 20.8 Å². The number of fused-ring (bicyclic) bond motifs is 1. The molecule has 5 N–H and O–H groups in total. The molecule has 3 heterocycles. The Morgan fingerprint density at radius 3 is 2.47 bits per heavy atom. The minimum atomic E-state index is -5.31. The van der Waals surface area contributed by atoms with Crippen LogP contribution in [0.15, 0.2) is 71.6 Å². The molecule has 0 radical (unpaired) electrons. The van der Waals surface area contributed by atoms with Gasteiger partial charge in [-0.25, -0.2) is 4.39 Å². The minimum Gasteiger partial charge on any atom is -0.493 e. The van der Waals surface area contributed by atoms with Crippen LogP contribution in [0.3, 0.4) is 0 Å². The first kappa shape index (κ1) is 30.5. The Bertz CT molecular complexity index is 1770. The number of nitrogens with one attached hydrogen (secondary N) is 2.